The lowest BCUT2D eigenvalue weighted by molar-refractivity contribution is -0.121. The minimum Gasteiger partial charge on any atom is -0.369 e. The van der Waals surface area contributed by atoms with E-state index in [0.29, 0.717) is 0 Å². The molecule has 0 fully saturated rings. The van der Waals surface area contributed by atoms with E-state index in [2.05, 4.69) is 15.0 Å². The molecule has 1 heterocycles. The number of amides is 1. The fourth-order valence-corrected chi connectivity index (χ4v) is 3.76. The van der Waals surface area contributed by atoms with E-state index in [0.717, 1.165) is 11.3 Å². The maximum atomic E-state index is 12.1. The van der Waals surface area contributed by atoms with Gasteiger partial charge in [0.25, 0.3) is 15.9 Å². The highest BCUT2D eigenvalue weighted by Gasteiger charge is 2.24. The first-order chi connectivity index (χ1) is 9.49. The fraction of sp³-hybridized carbons (Fsp3) is 0.667. The van der Waals surface area contributed by atoms with Crippen molar-refractivity contribution in [2.45, 2.75) is 50.5 Å². The first-order valence-corrected chi connectivity index (χ1v) is 8.71. The maximum absolute atomic E-state index is 12.1. The molecule has 0 saturated carbocycles. The molecule has 0 spiro atoms. The molecule has 1 aromatic rings. The van der Waals surface area contributed by atoms with E-state index in [1.165, 1.54) is 6.20 Å². The molecule has 0 radical (unpaired) electrons. The summed E-state index contributed by atoms with van der Waals surface area (Å²) in [4.78, 5) is 15.5. The zero-order valence-electron chi connectivity index (χ0n) is 12.8. The molecule has 0 aliphatic rings. The van der Waals surface area contributed by atoms with E-state index >= 15 is 0 Å². The molecule has 21 heavy (non-hydrogen) atoms. The second-order valence-electron chi connectivity index (χ2n) is 5.75. The molecule has 2 N–H and O–H groups in total. The Morgan fingerprint density at radius 1 is 1.43 bits per heavy atom. The van der Waals surface area contributed by atoms with E-state index in [4.69, 9.17) is 4.74 Å². The molecule has 0 aliphatic heterocycles. The third-order valence-electron chi connectivity index (χ3n) is 1.98. The SMILES string of the molecule is CC(C)OCC(=O)Nc1ncc(S(=O)(=O)NC(C)(C)C)s1. The lowest BCUT2D eigenvalue weighted by Crippen LogP contribution is -2.40. The number of anilines is 1. The van der Waals surface area contributed by atoms with Crippen LogP contribution in [0.3, 0.4) is 0 Å². The Morgan fingerprint density at radius 3 is 2.57 bits per heavy atom. The molecular formula is C12H21N3O4S2. The molecule has 1 rings (SSSR count). The molecule has 0 atom stereocenters. The van der Waals surface area contributed by atoms with Gasteiger partial charge in [0.05, 0.1) is 12.3 Å². The lowest BCUT2D eigenvalue weighted by Gasteiger charge is -2.19. The van der Waals surface area contributed by atoms with Gasteiger partial charge in [-0.3, -0.25) is 10.1 Å². The van der Waals surface area contributed by atoms with Crippen molar-refractivity contribution in [3.63, 3.8) is 0 Å². The Labute approximate surface area is 129 Å². The average Bonchev–Trinajstić information content (AvgIpc) is 2.72. The predicted molar refractivity (Wildman–Crippen MR) is 81.9 cm³/mol. The molecule has 1 amide bonds. The number of carbonyl (C=O) groups is 1. The molecule has 0 aliphatic carbocycles. The summed E-state index contributed by atoms with van der Waals surface area (Å²) in [6.45, 7) is 8.78. The van der Waals surface area contributed by atoms with Crippen molar-refractivity contribution < 1.29 is 17.9 Å². The van der Waals surface area contributed by atoms with Crippen LogP contribution < -0.4 is 10.0 Å². The zero-order valence-corrected chi connectivity index (χ0v) is 14.4. The van der Waals surface area contributed by atoms with Gasteiger partial charge in [0.15, 0.2) is 9.34 Å². The molecule has 1 aromatic heterocycles. The third-order valence-corrected chi connectivity index (χ3v) is 5.12. The smallest absolute Gasteiger partial charge is 0.252 e. The Bertz CT molecular complexity index is 588. The Hall–Kier alpha value is -1.03. The number of carbonyl (C=O) groups excluding carboxylic acids is 1. The highest BCUT2D eigenvalue weighted by Crippen LogP contribution is 2.23. The van der Waals surface area contributed by atoms with Crippen LogP contribution >= 0.6 is 11.3 Å². The second-order valence-corrected chi connectivity index (χ2v) is 8.69. The number of sulfonamides is 1. The van der Waals surface area contributed by atoms with Gasteiger partial charge in [-0.25, -0.2) is 18.1 Å². The number of thiazole rings is 1. The van der Waals surface area contributed by atoms with Gasteiger partial charge in [0.1, 0.15) is 6.61 Å². The fourth-order valence-electron chi connectivity index (χ4n) is 1.29. The van der Waals surface area contributed by atoms with Gasteiger partial charge in [-0.2, -0.15) is 0 Å². The minimum atomic E-state index is -3.64. The summed E-state index contributed by atoms with van der Waals surface area (Å²) in [6, 6.07) is 0. The third kappa shape index (κ3) is 6.51. The van der Waals surface area contributed by atoms with Gasteiger partial charge in [0, 0.05) is 5.54 Å². The van der Waals surface area contributed by atoms with Crippen molar-refractivity contribution >= 4 is 32.4 Å². The predicted octanol–water partition coefficient (Wildman–Crippen LogP) is 1.58. The zero-order chi connectivity index (χ0) is 16.3. The van der Waals surface area contributed by atoms with E-state index in [1.807, 2.05) is 13.8 Å². The van der Waals surface area contributed by atoms with E-state index in [-0.39, 0.29) is 28.0 Å². The van der Waals surface area contributed by atoms with Crippen molar-refractivity contribution in [2.75, 3.05) is 11.9 Å². The van der Waals surface area contributed by atoms with Gasteiger partial charge in [-0.15, -0.1) is 0 Å². The molecule has 9 heteroatoms. The molecule has 0 unspecified atom stereocenters. The number of hydrogen-bond donors (Lipinski definition) is 2. The van der Waals surface area contributed by atoms with E-state index < -0.39 is 15.6 Å². The van der Waals surface area contributed by atoms with Gasteiger partial charge in [-0.1, -0.05) is 11.3 Å². The average molecular weight is 335 g/mol. The highest BCUT2D eigenvalue weighted by atomic mass is 32.2. The molecule has 0 bridgehead atoms. The number of hydrogen-bond acceptors (Lipinski definition) is 6. The van der Waals surface area contributed by atoms with Gasteiger partial charge in [-0.05, 0) is 34.6 Å². The van der Waals surface area contributed by atoms with Crippen molar-refractivity contribution in [1.29, 1.82) is 0 Å². The number of rotatable bonds is 6. The number of aromatic nitrogens is 1. The lowest BCUT2D eigenvalue weighted by atomic mass is 10.1. The molecule has 0 saturated heterocycles. The first-order valence-electron chi connectivity index (χ1n) is 6.41. The highest BCUT2D eigenvalue weighted by molar-refractivity contribution is 7.91. The largest absolute Gasteiger partial charge is 0.369 e. The van der Waals surface area contributed by atoms with Crippen LogP contribution in [0.1, 0.15) is 34.6 Å². The van der Waals surface area contributed by atoms with E-state index in [9.17, 15) is 13.2 Å². The van der Waals surface area contributed by atoms with Crippen molar-refractivity contribution in [3.05, 3.63) is 6.20 Å². The monoisotopic (exact) mass is 335 g/mol. The summed E-state index contributed by atoms with van der Waals surface area (Å²) in [5.74, 6) is -0.370. The van der Waals surface area contributed by atoms with Gasteiger partial charge < -0.3 is 4.74 Å². The number of ether oxygens (including phenoxy) is 1. The summed E-state index contributed by atoms with van der Waals surface area (Å²) in [5, 5.41) is 2.73. The summed E-state index contributed by atoms with van der Waals surface area (Å²) in [7, 11) is -3.64. The van der Waals surface area contributed by atoms with Crippen molar-refractivity contribution in [3.8, 4) is 0 Å². The topological polar surface area (TPSA) is 97.4 Å². The Balaban J connectivity index is 2.71. The van der Waals surface area contributed by atoms with Crippen LogP contribution in [0.2, 0.25) is 0 Å². The molecule has 7 nitrogen and oxygen atoms in total. The quantitative estimate of drug-likeness (QED) is 0.822. The Kier molecular flexibility index (Phi) is 5.85. The van der Waals surface area contributed by atoms with Crippen LogP contribution in [-0.2, 0) is 19.6 Å². The van der Waals surface area contributed by atoms with Crippen LogP contribution in [0.5, 0.6) is 0 Å². The maximum Gasteiger partial charge on any atom is 0.252 e. The van der Waals surface area contributed by atoms with Gasteiger partial charge in [0.2, 0.25) is 0 Å². The summed E-state index contributed by atoms with van der Waals surface area (Å²) in [6.07, 6.45) is 1.16. The summed E-state index contributed by atoms with van der Waals surface area (Å²) < 4.78 is 31.9. The normalized spacial score (nSPS) is 12.7. The number of nitrogens with zero attached hydrogens (tertiary/aromatic N) is 1. The van der Waals surface area contributed by atoms with Crippen molar-refractivity contribution in [2.24, 2.45) is 0 Å². The van der Waals surface area contributed by atoms with Crippen molar-refractivity contribution in [1.82, 2.24) is 9.71 Å². The van der Waals surface area contributed by atoms with Crippen LogP contribution in [0.15, 0.2) is 10.4 Å². The molecule has 120 valence electrons. The number of nitrogens with one attached hydrogen (secondary N) is 2. The molecule has 0 aromatic carbocycles. The van der Waals surface area contributed by atoms with Gasteiger partial charge >= 0.3 is 0 Å². The standard InChI is InChI=1S/C12H21N3O4S2/c1-8(2)19-7-9(16)14-11-13-6-10(20-11)21(17,18)15-12(3,4)5/h6,8,15H,7H2,1-5H3,(H,13,14,16). The first kappa shape index (κ1) is 18.0. The van der Waals surface area contributed by atoms with E-state index in [1.54, 1.807) is 20.8 Å². The summed E-state index contributed by atoms with van der Waals surface area (Å²) >= 11 is 0.894. The second kappa shape index (κ2) is 6.82. The molecular weight excluding hydrogens is 314 g/mol. The van der Waals surface area contributed by atoms with Crippen LogP contribution in [0.4, 0.5) is 5.13 Å². The summed E-state index contributed by atoms with van der Waals surface area (Å²) in [5.41, 5.74) is -0.586. The van der Waals surface area contributed by atoms with Crippen LogP contribution in [-0.4, -0.2) is 37.6 Å². The minimum absolute atomic E-state index is 0.0532. The van der Waals surface area contributed by atoms with Crippen LogP contribution in [0.25, 0.3) is 0 Å². The van der Waals surface area contributed by atoms with Crippen LogP contribution in [0, 0.1) is 0 Å². The Morgan fingerprint density at radius 2 is 2.05 bits per heavy atom.